The Hall–Kier alpha value is -1.33. The summed E-state index contributed by atoms with van der Waals surface area (Å²) in [5, 5.41) is 5.15. The van der Waals surface area contributed by atoms with Gasteiger partial charge in [0, 0.05) is 16.5 Å². The van der Waals surface area contributed by atoms with Crippen LogP contribution in [0.5, 0.6) is 0 Å². The Morgan fingerprint density at radius 3 is 2.72 bits per heavy atom. The van der Waals surface area contributed by atoms with E-state index in [1.54, 1.807) is 18.0 Å². The van der Waals surface area contributed by atoms with Crippen LogP contribution >= 0.6 is 23.1 Å². The molecule has 0 saturated heterocycles. The first-order chi connectivity index (χ1) is 8.65. The maximum Gasteiger partial charge on any atom is 0.239 e. The Kier molecular flexibility index (Phi) is 4.38. The number of amides is 1. The minimum atomic E-state index is -0.142. The summed E-state index contributed by atoms with van der Waals surface area (Å²) in [4.78, 5) is 17.1. The number of nitrogens with zero attached hydrogens (tertiary/aromatic N) is 1. The number of rotatable bonds is 4. The molecule has 1 heterocycles. The highest BCUT2D eigenvalue weighted by Gasteiger charge is 2.15. The van der Waals surface area contributed by atoms with E-state index in [0.717, 1.165) is 4.90 Å². The van der Waals surface area contributed by atoms with Gasteiger partial charge in [0.05, 0.1) is 5.25 Å². The van der Waals surface area contributed by atoms with Crippen molar-refractivity contribution in [3.05, 3.63) is 41.4 Å². The number of thiazole rings is 1. The number of hydrogen-bond donors (Lipinski definition) is 1. The number of nitrogens with one attached hydrogen (secondary N) is 1. The highest BCUT2D eigenvalue weighted by molar-refractivity contribution is 8.00. The molecule has 94 valence electrons. The normalized spacial score (nSPS) is 12.1. The van der Waals surface area contributed by atoms with E-state index >= 15 is 0 Å². The fourth-order valence-electron chi connectivity index (χ4n) is 1.37. The first-order valence-corrected chi connectivity index (χ1v) is 7.35. The standard InChI is InChI=1S/C13H14N2OS2/c1-9-3-5-11(6-4-9)18-10(2)12(16)15-13-14-7-8-17-13/h3-8,10H,1-2H3,(H,14,15,16). The molecule has 18 heavy (non-hydrogen) atoms. The lowest BCUT2D eigenvalue weighted by molar-refractivity contribution is -0.115. The van der Waals surface area contributed by atoms with Gasteiger partial charge < -0.3 is 5.32 Å². The molecule has 0 bridgehead atoms. The zero-order chi connectivity index (χ0) is 13.0. The lowest BCUT2D eigenvalue weighted by Gasteiger charge is -2.10. The van der Waals surface area contributed by atoms with E-state index in [9.17, 15) is 4.79 Å². The summed E-state index contributed by atoms with van der Waals surface area (Å²) < 4.78 is 0. The molecule has 2 rings (SSSR count). The summed E-state index contributed by atoms with van der Waals surface area (Å²) in [6.45, 7) is 3.94. The summed E-state index contributed by atoms with van der Waals surface area (Å²) in [7, 11) is 0. The molecule has 1 aromatic heterocycles. The molecule has 0 aliphatic heterocycles. The Labute approximate surface area is 115 Å². The molecule has 1 amide bonds. The van der Waals surface area contributed by atoms with E-state index < -0.39 is 0 Å². The fourth-order valence-corrected chi connectivity index (χ4v) is 2.77. The molecule has 1 atom stereocenters. The number of anilines is 1. The average molecular weight is 278 g/mol. The van der Waals surface area contributed by atoms with Gasteiger partial charge in [0.15, 0.2) is 5.13 Å². The molecule has 5 heteroatoms. The third-order valence-corrected chi connectivity index (χ3v) is 4.17. The number of thioether (sulfide) groups is 1. The van der Waals surface area contributed by atoms with Gasteiger partial charge in [0.2, 0.25) is 5.91 Å². The van der Waals surface area contributed by atoms with Crippen LogP contribution in [-0.4, -0.2) is 16.1 Å². The lowest BCUT2D eigenvalue weighted by Crippen LogP contribution is -2.22. The van der Waals surface area contributed by atoms with Crippen molar-refractivity contribution in [3.63, 3.8) is 0 Å². The SMILES string of the molecule is Cc1ccc(SC(C)C(=O)Nc2nccs2)cc1. The summed E-state index contributed by atoms with van der Waals surface area (Å²) >= 11 is 2.97. The molecule has 0 aliphatic carbocycles. The fraction of sp³-hybridized carbons (Fsp3) is 0.231. The minimum Gasteiger partial charge on any atom is -0.301 e. The summed E-state index contributed by atoms with van der Waals surface area (Å²) in [5.74, 6) is -0.0180. The number of hydrogen-bond acceptors (Lipinski definition) is 4. The summed E-state index contributed by atoms with van der Waals surface area (Å²) in [6, 6.07) is 8.17. The molecule has 1 unspecified atom stereocenters. The van der Waals surface area contributed by atoms with Gasteiger partial charge in [-0.25, -0.2) is 4.98 Å². The van der Waals surface area contributed by atoms with Gasteiger partial charge in [0.25, 0.3) is 0 Å². The predicted molar refractivity (Wildman–Crippen MR) is 77.2 cm³/mol. The third kappa shape index (κ3) is 3.58. The second-order valence-corrected chi connectivity index (χ2v) is 6.21. The van der Waals surface area contributed by atoms with Crippen LogP contribution in [0.3, 0.4) is 0 Å². The molecule has 3 nitrogen and oxygen atoms in total. The van der Waals surface area contributed by atoms with Crippen LogP contribution in [0.1, 0.15) is 12.5 Å². The van der Waals surface area contributed by atoms with Gasteiger partial charge in [-0.05, 0) is 26.0 Å². The average Bonchev–Trinajstić information content (AvgIpc) is 2.85. The van der Waals surface area contributed by atoms with Gasteiger partial charge in [-0.15, -0.1) is 23.1 Å². The lowest BCUT2D eigenvalue weighted by atomic mass is 10.2. The van der Waals surface area contributed by atoms with Crippen LogP contribution in [-0.2, 0) is 4.79 Å². The van der Waals surface area contributed by atoms with Crippen molar-refractivity contribution in [2.45, 2.75) is 24.0 Å². The van der Waals surface area contributed by atoms with Gasteiger partial charge in [0.1, 0.15) is 0 Å². The topological polar surface area (TPSA) is 42.0 Å². The zero-order valence-electron chi connectivity index (χ0n) is 10.2. The van der Waals surface area contributed by atoms with Crippen molar-refractivity contribution in [2.75, 3.05) is 5.32 Å². The highest BCUT2D eigenvalue weighted by Crippen LogP contribution is 2.24. The Morgan fingerprint density at radius 2 is 2.11 bits per heavy atom. The van der Waals surface area contributed by atoms with Crippen LogP contribution in [0.15, 0.2) is 40.7 Å². The number of aromatic nitrogens is 1. The second kappa shape index (κ2) is 6.02. The van der Waals surface area contributed by atoms with Gasteiger partial charge in [-0.3, -0.25) is 4.79 Å². The van der Waals surface area contributed by atoms with Crippen LogP contribution in [0.25, 0.3) is 0 Å². The van der Waals surface area contributed by atoms with Gasteiger partial charge >= 0.3 is 0 Å². The molecule has 1 aromatic carbocycles. The number of aryl methyl sites for hydroxylation is 1. The molecule has 0 spiro atoms. The summed E-state index contributed by atoms with van der Waals surface area (Å²) in [6.07, 6.45) is 1.68. The van der Waals surface area contributed by atoms with E-state index in [-0.39, 0.29) is 11.2 Å². The van der Waals surface area contributed by atoms with Crippen molar-refractivity contribution < 1.29 is 4.79 Å². The summed E-state index contributed by atoms with van der Waals surface area (Å²) in [5.41, 5.74) is 1.22. The highest BCUT2D eigenvalue weighted by atomic mass is 32.2. The smallest absolute Gasteiger partial charge is 0.239 e. The molecule has 0 saturated carbocycles. The minimum absolute atomic E-state index is 0.0180. The molecule has 2 aromatic rings. The Morgan fingerprint density at radius 1 is 1.39 bits per heavy atom. The van der Waals surface area contributed by atoms with E-state index in [4.69, 9.17) is 0 Å². The van der Waals surface area contributed by atoms with E-state index in [1.807, 2.05) is 43.5 Å². The van der Waals surface area contributed by atoms with Crippen molar-refractivity contribution in [2.24, 2.45) is 0 Å². The van der Waals surface area contributed by atoms with Crippen molar-refractivity contribution in [1.82, 2.24) is 4.98 Å². The molecular formula is C13H14N2OS2. The van der Waals surface area contributed by atoms with Crippen molar-refractivity contribution in [1.29, 1.82) is 0 Å². The van der Waals surface area contributed by atoms with Crippen LogP contribution in [0.4, 0.5) is 5.13 Å². The van der Waals surface area contributed by atoms with E-state index in [1.165, 1.54) is 16.9 Å². The molecule has 0 aliphatic rings. The first-order valence-electron chi connectivity index (χ1n) is 5.59. The predicted octanol–water partition coefficient (Wildman–Crippen LogP) is 3.57. The zero-order valence-corrected chi connectivity index (χ0v) is 11.8. The van der Waals surface area contributed by atoms with Gasteiger partial charge in [-0.2, -0.15) is 0 Å². The van der Waals surface area contributed by atoms with E-state index in [2.05, 4.69) is 10.3 Å². The first kappa shape index (κ1) is 13.1. The monoisotopic (exact) mass is 278 g/mol. The van der Waals surface area contributed by atoms with Gasteiger partial charge in [-0.1, -0.05) is 17.7 Å². The number of benzene rings is 1. The van der Waals surface area contributed by atoms with Crippen LogP contribution < -0.4 is 5.32 Å². The quantitative estimate of drug-likeness (QED) is 0.869. The molecular weight excluding hydrogens is 264 g/mol. The van der Waals surface area contributed by atoms with Crippen LogP contribution in [0.2, 0.25) is 0 Å². The molecule has 0 radical (unpaired) electrons. The number of carbonyl (C=O) groups excluding carboxylic acids is 1. The molecule has 0 fully saturated rings. The maximum atomic E-state index is 11.9. The maximum absolute atomic E-state index is 11.9. The Bertz CT molecular complexity index is 508. The second-order valence-electron chi connectivity index (χ2n) is 3.90. The third-order valence-electron chi connectivity index (χ3n) is 2.37. The molecule has 1 N–H and O–H groups in total. The largest absolute Gasteiger partial charge is 0.301 e. The van der Waals surface area contributed by atoms with Crippen molar-refractivity contribution >= 4 is 34.1 Å². The van der Waals surface area contributed by atoms with E-state index in [0.29, 0.717) is 5.13 Å². The van der Waals surface area contributed by atoms with Crippen LogP contribution in [0, 0.1) is 6.92 Å². The van der Waals surface area contributed by atoms with Crippen molar-refractivity contribution in [3.8, 4) is 0 Å². The Balaban J connectivity index is 1.93. The number of carbonyl (C=O) groups is 1.